The Hall–Kier alpha value is -2.64. The molecule has 4 heteroatoms. The highest BCUT2D eigenvalue weighted by Gasteiger charge is 2.28. The van der Waals surface area contributed by atoms with Gasteiger partial charge in [-0.15, -0.1) is 0 Å². The molecule has 0 bridgehead atoms. The molecule has 1 aliphatic rings. The first-order chi connectivity index (χ1) is 13.7. The van der Waals surface area contributed by atoms with Crippen LogP contribution in [0.5, 0.6) is 0 Å². The fourth-order valence-electron chi connectivity index (χ4n) is 3.92. The maximum atomic E-state index is 12.6. The normalized spacial score (nSPS) is 15.1. The van der Waals surface area contributed by atoms with Gasteiger partial charge in [0, 0.05) is 37.8 Å². The van der Waals surface area contributed by atoms with E-state index in [1.807, 2.05) is 42.2 Å². The predicted molar refractivity (Wildman–Crippen MR) is 113 cm³/mol. The minimum Gasteiger partial charge on any atom is -0.309 e. The number of piperidine rings is 1. The zero-order valence-electron chi connectivity index (χ0n) is 16.7. The number of carbonyl (C=O) groups is 1. The molecular formula is C24H29N3O. The lowest BCUT2D eigenvalue weighted by Crippen LogP contribution is -2.47. The number of nitrogens with zero attached hydrogens (tertiary/aromatic N) is 3. The van der Waals surface area contributed by atoms with Crippen molar-refractivity contribution in [1.29, 1.82) is 5.26 Å². The minimum absolute atomic E-state index is 0.210. The van der Waals surface area contributed by atoms with Crippen LogP contribution in [0.2, 0.25) is 0 Å². The molecule has 2 aromatic carbocycles. The Labute approximate surface area is 168 Å². The molecule has 1 fully saturated rings. The summed E-state index contributed by atoms with van der Waals surface area (Å²) in [6, 6.07) is 20.9. The van der Waals surface area contributed by atoms with Crippen LogP contribution in [0.4, 0.5) is 5.69 Å². The van der Waals surface area contributed by atoms with Crippen LogP contribution in [0.3, 0.4) is 0 Å². The Kier molecular flexibility index (Phi) is 7.22. The Balaban J connectivity index is 1.53. The van der Waals surface area contributed by atoms with Gasteiger partial charge in [0.2, 0.25) is 5.91 Å². The fourth-order valence-corrected chi connectivity index (χ4v) is 3.92. The van der Waals surface area contributed by atoms with Crippen LogP contribution >= 0.6 is 0 Å². The van der Waals surface area contributed by atoms with Crippen molar-refractivity contribution in [3.63, 3.8) is 0 Å². The second-order valence-electron chi connectivity index (χ2n) is 7.43. The van der Waals surface area contributed by atoms with Crippen LogP contribution in [0.25, 0.3) is 0 Å². The van der Waals surface area contributed by atoms with Crippen molar-refractivity contribution in [2.45, 2.75) is 45.1 Å². The second kappa shape index (κ2) is 10.1. The standard InChI is InChI=1S/C24H29N3O/c1-2-24(28)27(22-6-4-3-5-7-22)23-14-18-26(19-15-23)17-13-21-10-8-20(9-11-21)12-16-25/h3-11,23H,2,12-15,17-19H2,1H3. The number of rotatable bonds is 7. The topological polar surface area (TPSA) is 47.3 Å². The van der Waals surface area contributed by atoms with E-state index in [0.717, 1.165) is 50.1 Å². The summed E-state index contributed by atoms with van der Waals surface area (Å²) in [5, 5.41) is 8.76. The average Bonchev–Trinajstić information content (AvgIpc) is 2.75. The maximum absolute atomic E-state index is 12.6. The zero-order chi connectivity index (χ0) is 19.8. The molecule has 2 aromatic rings. The van der Waals surface area contributed by atoms with E-state index in [1.165, 1.54) is 5.56 Å². The highest BCUT2D eigenvalue weighted by molar-refractivity contribution is 5.93. The lowest BCUT2D eigenvalue weighted by molar-refractivity contribution is -0.119. The van der Waals surface area contributed by atoms with Gasteiger partial charge in [-0.25, -0.2) is 0 Å². The van der Waals surface area contributed by atoms with Gasteiger partial charge >= 0.3 is 0 Å². The molecule has 4 nitrogen and oxygen atoms in total. The van der Waals surface area contributed by atoms with Gasteiger partial charge in [0.1, 0.15) is 0 Å². The van der Waals surface area contributed by atoms with E-state index < -0.39 is 0 Å². The molecule has 1 saturated heterocycles. The summed E-state index contributed by atoms with van der Waals surface area (Å²) in [5.41, 5.74) is 3.41. The van der Waals surface area contributed by atoms with Gasteiger partial charge in [-0.05, 0) is 42.5 Å². The molecule has 28 heavy (non-hydrogen) atoms. The van der Waals surface area contributed by atoms with Gasteiger partial charge in [-0.3, -0.25) is 4.79 Å². The van der Waals surface area contributed by atoms with E-state index in [-0.39, 0.29) is 11.9 Å². The number of likely N-dealkylation sites (tertiary alicyclic amines) is 1. The third-order valence-electron chi connectivity index (χ3n) is 5.55. The molecule has 0 aromatic heterocycles. The van der Waals surface area contributed by atoms with Crippen LogP contribution in [0.1, 0.15) is 37.3 Å². The summed E-state index contributed by atoms with van der Waals surface area (Å²) in [7, 11) is 0. The van der Waals surface area contributed by atoms with E-state index in [0.29, 0.717) is 12.8 Å². The van der Waals surface area contributed by atoms with Gasteiger partial charge in [0.15, 0.2) is 0 Å². The van der Waals surface area contributed by atoms with Gasteiger partial charge < -0.3 is 9.80 Å². The quantitative estimate of drug-likeness (QED) is 0.728. The maximum Gasteiger partial charge on any atom is 0.226 e. The SMILES string of the molecule is CCC(=O)N(c1ccccc1)C1CCN(CCc2ccc(CC#N)cc2)CC1. The Morgan fingerprint density at radius 1 is 1.07 bits per heavy atom. The third-order valence-corrected chi connectivity index (χ3v) is 5.55. The number of benzene rings is 2. The zero-order valence-corrected chi connectivity index (χ0v) is 16.7. The van der Waals surface area contributed by atoms with Gasteiger partial charge in [0.05, 0.1) is 12.5 Å². The highest BCUT2D eigenvalue weighted by atomic mass is 16.2. The monoisotopic (exact) mass is 375 g/mol. The van der Waals surface area contributed by atoms with Crippen molar-refractivity contribution >= 4 is 11.6 Å². The molecule has 0 aliphatic carbocycles. The summed E-state index contributed by atoms with van der Waals surface area (Å²) < 4.78 is 0. The van der Waals surface area contributed by atoms with Gasteiger partial charge in [-0.2, -0.15) is 5.26 Å². The molecule has 0 spiro atoms. The van der Waals surface area contributed by atoms with E-state index in [4.69, 9.17) is 5.26 Å². The Morgan fingerprint density at radius 2 is 1.71 bits per heavy atom. The molecule has 0 atom stereocenters. The summed E-state index contributed by atoms with van der Waals surface area (Å²) in [5.74, 6) is 0.210. The second-order valence-corrected chi connectivity index (χ2v) is 7.43. The molecule has 1 heterocycles. The molecule has 1 amide bonds. The smallest absolute Gasteiger partial charge is 0.226 e. The van der Waals surface area contributed by atoms with Crippen molar-refractivity contribution in [3.8, 4) is 6.07 Å². The molecule has 0 unspecified atom stereocenters. The third kappa shape index (κ3) is 5.21. The average molecular weight is 376 g/mol. The molecular weight excluding hydrogens is 346 g/mol. The first-order valence-corrected chi connectivity index (χ1v) is 10.3. The van der Waals surface area contributed by atoms with E-state index in [9.17, 15) is 4.79 Å². The predicted octanol–water partition coefficient (Wildman–Crippen LogP) is 4.20. The molecule has 0 saturated carbocycles. The molecule has 146 valence electrons. The van der Waals surface area contributed by atoms with Crippen LogP contribution in [-0.4, -0.2) is 36.5 Å². The molecule has 0 radical (unpaired) electrons. The van der Waals surface area contributed by atoms with Crippen molar-refractivity contribution < 1.29 is 4.79 Å². The lowest BCUT2D eigenvalue weighted by Gasteiger charge is -2.38. The van der Waals surface area contributed by atoms with Gasteiger partial charge in [-0.1, -0.05) is 49.4 Å². The largest absolute Gasteiger partial charge is 0.309 e. The minimum atomic E-state index is 0.210. The summed E-state index contributed by atoms with van der Waals surface area (Å²) >= 11 is 0. The lowest BCUT2D eigenvalue weighted by atomic mass is 10.0. The van der Waals surface area contributed by atoms with E-state index in [1.54, 1.807) is 0 Å². The Morgan fingerprint density at radius 3 is 2.32 bits per heavy atom. The fraction of sp³-hybridized carbons (Fsp3) is 0.417. The number of hydrogen-bond donors (Lipinski definition) is 0. The van der Waals surface area contributed by atoms with E-state index in [2.05, 4.69) is 35.2 Å². The number of anilines is 1. The molecule has 1 aliphatic heterocycles. The first kappa shape index (κ1) is 20.1. The van der Waals surface area contributed by atoms with Crippen molar-refractivity contribution in [1.82, 2.24) is 4.90 Å². The first-order valence-electron chi connectivity index (χ1n) is 10.3. The number of hydrogen-bond acceptors (Lipinski definition) is 3. The molecule has 0 N–H and O–H groups in total. The summed E-state index contributed by atoms with van der Waals surface area (Å²) in [4.78, 5) is 17.1. The highest BCUT2D eigenvalue weighted by Crippen LogP contribution is 2.24. The van der Waals surface area contributed by atoms with Crippen LogP contribution in [-0.2, 0) is 17.6 Å². The Bertz CT molecular complexity index is 787. The number of para-hydroxylation sites is 1. The molecule has 3 rings (SSSR count). The van der Waals surface area contributed by atoms with Crippen LogP contribution < -0.4 is 4.90 Å². The van der Waals surface area contributed by atoms with Crippen molar-refractivity contribution in [2.24, 2.45) is 0 Å². The van der Waals surface area contributed by atoms with Crippen molar-refractivity contribution in [3.05, 3.63) is 65.7 Å². The summed E-state index contributed by atoms with van der Waals surface area (Å²) in [6.07, 6.45) is 4.07. The van der Waals surface area contributed by atoms with E-state index >= 15 is 0 Å². The number of carbonyl (C=O) groups excluding carboxylic acids is 1. The van der Waals surface area contributed by atoms with Gasteiger partial charge in [0.25, 0.3) is 0 Å². The number of amides is 1. The summed E-state index contributed by atoms with van der Waals surface area (Å²) in [6.45, 7) is 5.03. The number of nitriles is 1. The van der Waals surface area contributed by atoms with Crippen molar-refractivity contribution in [2.75, 3.05) is 24.5 Å². The van der Waals surface area contributed by atoms with Crippen LogP contribution in [0.15, 0.2) is 54.6 Å². The van der Waals surface area contributed by atoms with Crippen LogP contribution in [0, 0.1) is 11.3 Å².